The Morgan fingerprint density at radius 2 is 1.63 bits per heavy atom. The Hall–Kier alpha value is -2.97. The van der Waals surface area contributed by atoms with Crippen molar-refractivity contribution >= 4 is 17.3 Å². The van der Waals surface area contributed by atoms with Crippen LogP contribution in [-0.2, 0) is 24.0 Å². The molecule has 2 aromatic carbocycles. The molecule has 15 heteroatoms. The lowest BCUT2D eigenvalue weighted by atomic mass is 9.93. The fourth-order valence-electron chi connectivity index (χ4n) is 5.83. The van der Waals surface area contributed by atoms with Gasteiger partial charge in [0.05, 0.1) is 31.0 Å². The second-order valence-corrected chi connectivity index (χ2v) is 10.9. The van der Waals surface area contributed by atoms with Crippen LogP contribution in [0.4, 0.5) is 40.8 Å². The smallest absolute Gasteiger partial charge is 0.377 e. The summed E-state index contributed by atoms with van der Waals surface area (Å²) >= 11 is 6.22. The van der Waals surface area contributed by atoms with E-state index in [0.717, 1.165) is 0 Å². The Labute approximate surface area is 233 Å². The first kappa shape index (κ1) is 28.2. The fourth-order valence-corrected chi connectivity index (χ4v) is 6.02. The first-order valence-electron chi connectivity index (χ1n) is 12.7. The van der Waals surface area contributed by atoms with E-state index in [1.807, 2.05) is 0 Å². The van der Waals surface area contributed by atoms with Gasteiger partial charge in [-0.1, -0.05) is 11.6 Å². The van der Waals surface area contributed by atoms with Crippen molar-refractivity contribution in [2.24, 2.45) is 0 Å². The SMILES string of the molecule is Fc1ccc(C(F)(F)F)c(F)c1N1CCC(c2nnc3n2-c2ccc(Cl)cc2CN(C2(C(F)(F)F)COC2)C3)CC1. The molecule has 0 atom stereocenters. The maximum absolute atomic E-state index is 14.8. The van der Waals surface area contributed by atoms with Crippen LogP contribution in [0, 0.1) is 11.6 Å². The zero-order chi connectivity index (χ0) is 29.3. The van der Waals surface area contributed by atoms with Crippen LogP contribution in [0.2, 0.25) is 5.02 Å². The summed E-state index contributed by atoms with van der Waals surface area (Å²) in [6, 6.07) is 5.85. The number of alkyl halides is 6. The number of piperidine rings is 1. The van der Waals surface area contributed by atoms with E-state index >= 15 is 0 Å². The minimum atomic E-state index is -4.98. The minimum Gasteiger partial charge on any atom is -0.377 e. The standard InChI is InChI=1S/C26H22ClF8N5O/c27-16-1-4-19-15(9-16)10-39(24(12-41-13-24)26(33,34)35)11-20-36-37-23(40(19)20)14-5-7-38(8-6-14)22-18(28)3-2-17(21(22)29)25(30,31)32/h1-4,9,14H,5-8,10-13H2. The highest BCUT2D eigenvalue weighted by Gasteiger charge is 2.64. The van der Waals surface area contributed by atoms with Gasteiger partial charge in [-0.15, -0.1) is 10.2 Å². The van der Waals surface area contributed by atoms with Crippen molar-refractivity contribution in [3.05, 3.63) is 69.8 Å². The zero-order valence-electron chi connectivity index (χ0n) is 21.2. The number of rotatable bonds is 3. The number of fused-ring (bicyclic) bond motifs is 3. The van der Waals surface area contributed by atoms with Gasteiger partial charge < -0.3 is 9.64 Å². The molecule has 0 N–H and O–H groups in total. The normalized spacial score (nSPS) is 19.9. The molecule has 4 heterocycles. The number of hydrogen-bond donors (Lipinski definition) is 0. The van der Waals surface area contributed by atoms with E-state index in [4.69, 9.17) is 16.3 Å². The largest absolute Gasteiger partial charge is 0.419 e. The molecule has 0 amide bonds. The molecule has 2 saturated heterocycles. The quantitative estimate of drug-likeness (QED) is 0.330. The number of halogens is 9. The molecule has 2 fully saturated rings. The molecule has 0 radical (unpaired) electrons. The molecule has 0 unspecified atom stereocenters. The zero-order valence-corrected chi connectivity index (χ0v) is 21.9. The number of hydrogen-bond acceptors (Lipinski definition) is 5. The van der Waals surface area contributed by atoms with Crippen LogP contribution in [0.3, 0.4) is 0 Å². The Kier molecular flexibility index (Phi) is 6.73. The Bertz CT molecular complexity index is 1480. The van der Waals surface area contributed by atoms with Crippen molar-refractivity contribution in [3.8, 4) is 5.69 Å². The second-order valence-electron chi connectivity index (χ2n) is 10.5. The number of nitrogens with zero attached hydrogens (tertiary/aromatic N) is 5. The highest BCUT2D eigenvalue weighted by Crippen LogP contribution is 2.45. The Balaban J connectivity index is 1.32. The van der Waals surface area contributed by atoms with E-state index < -0.39 is 54.0 Å². The van der Waals surface area contributed by atoms with Gasteiger partial charge in [0.2, 0.25) is 0 Å². The van der Waals surface area contributed by atoms with Gasteiger partial charge in [0.25, 0.3) is 0 Å². The topological polar surface area (TPSA) is 46.4 Å². The van der Waals surface area contributed by atoms with Crippen LogP contribution in [0.25, 0.3) is 5.69 Å². The summed E-state index contributed by atoms with van der Waals surface area (Å²) in [6.07, 6.45) is -9.02. The van der Waals surface area contributed by atoms with Crippen molar-refractivity contribution in [1.29, 1.82) is 0 Å². The first-order chi connectivity index (χ1) is 19.3. The molecular weight excluding hydrogens is 586 g/mol. The highest BCUT2D eigenvalue weighted by atomic mass is 35.5. The summed E-state index contributed by atoms with van der Waals surface area (Å²) in [6.45, 7) is -1.24. The maximum atomic E-state index is 14.8. The predicted molar refractivity (Wildman–Crippen MR) is 131 cm³/mol. The first-order valence-corrected chi connectivity index (χ1v) is 13.1. The average molecular weight is 608 g/mol. The third-order valence-corrected chi connectivity index (χ3v) is 8.33. The summed E-state index contributed by atoms with van der Waals surface area (Å²) in [5.74, 6) is -2.38. The molecule has 41 heavy (non-hydrogen) atoms. The van der Waals surface area contributed by atoms with Gasteiger partial charge >= 0.3 is 12.4 Å². The van der Waals surface area contributed by atoms with Crippen molar-refractivity contribution < 1.29 is 39.9 Å². The van der Waals surface area contributed by atoms with E-state index in [2.05, 4.69) is 10.2 Å². The van der Waals surface area contributed by atoms with Gasteiger partial charge in [0.1, 0.15) is 17.3 Å². The number of aromatic nitrogens is 3. The lowest BCUT2D eigenvalue weighted by Gasteiger charge is -2.49. The van der Waals surface area contributed by atoms with Crippen LogP contribution in [0.15, 0.2) is 30.3 Å². The summed E-state index contributed by atoms with van der Waals surface area (Å²) in [5.41, 5.74) is -3.40. The van der Waals surface area contributed by atoms with Crippen LogP contribution < -0.4 is 4.90 Å². The van der Waals surface area contributed by atoms with Gasteiger partial charge in [-0.25, -0.2) is 8.78 Å². The van der Waals surface area contributed by atoms with Gasteiger partial charge in [-0.2, -0.15) is 26.3 Å². The number of benzene rings is 2. The molecule has 3 aromatic rings. The minimum absolute atomic E-state index is 0.0239. The summed E-state index contributed by atoms with van der Waals surface area (Å²) in [4.78, 5) is 2.50. The van der Waals surface area contributed by atoms with E-state index in [1.54, 1.807) is 22.8 Å². The van der Waals surface area contributed by atoms with Crippen LogP contribution in [0.1, 0.15) is 41.5 Å². The maximum Gasteiger partial charge on any atom is 0.419 e. The summed E-state index contributed by atoms with van der Waals surface area (Å²) in [7, 11) is 0. The van der Waals surface area contributed by atoms with Gasteiger partial charge in [0, 0.05) is 30.6 Å². The lowest BCUT2D eigenvalue weighted by Crippen LogP contribution is -2.69. The average Bonchev–Trinajstić information content (AvgIpc) is 3.18. The molecular formula is C26H22ClF8N5O. The second kappa shape index (κ2) is 9.80. The predicted octanol–water partition coefficient (Wildman–Crippen LogP) is 6.25. The molecule has 0 bridgehead atoms. The molecule has 3 aliphatic rings. The van der Waals surface area contributed by atoms with Gasteiger partial charge in [-0.3, -0.25) is 9.47 Å². The van der Waals surface area contributed by atoms with E-state index in [-0.39, 0.29) is 50.8 Å². The molecule has 220 valence electrons. The molecule has 0 aliphatic carbocycles. The third-order valence-electron chi connectivity index (χ3n) is 8.09. The van der Waals surface area contributed by atoms with Crippen LogP contribution in [-0.4, -0.2) is 57.7 Å². The van der Waals surface area contributed by atoms with E-state index in [9.17, 15) is 35.1 Å². The summed E-state index contributed by atoms with van der Waals surface area (Å²) in [5, 5.41) is 8.88. The molecule has 3 aliphatic heterocycles. The summed E-state index contributed by atoms with van der Waals surface area (Å²) < 4.78 is 118. The van der Waals surface area contributed by atoms with Crippen molar-refractivity contribution in [3.63, 3.8) is 0 Å². The third kappa shape index (κ3) is 4.63. The van der Waals surface area contributed by atoms with Crippen LogP contribution in [0.5, 0.6) is 0 Å². The van der Waals surface area contributed by atoms with Crippen molar-refractivity contribution in [1.82, 2.24) is 19.7 Å². The van der Waals surface area contributed by atoms with Gasteiger partial charge in [-0.05, 0) is 48.7 Å². The molecule has 0 saturated carbocycles. The van der Waals surface area contributed by atoms with E-state index in [0.29, 0.717) is 34.2 Å². The molecule has 0 spiro atoms. The number of ether oxygens (including phenoxy) is 1. The number of anilines is 1. The van der Waals surface area contributed by atoms with Crippen molar-refractivity contribution in [2.75, 3.05) is 31.2 Å². The van der Waals surface area contributed by atoms with Crippen molar-refractivity contribution in [2.45, 2.75) is 49.7 Å². The Morgan fingerprint density at radius 1 is 0.927 bits per heavy atom. The fraction of sp³-hybridized carbons (Fsp3) is 0.462. The molecule has 6 nitrogen and oxygen atoms in total. The Morgan fingerprint density at radius 3 is 2.24 bits per heavy atom. The monoisotopic (exact) mass is 607 g/mol. The molecule has 1 aromatic heterocycles. The highest BCUT2D eigenvalue weighted by molar-refractivity contribution is 6.30. The molecule has 6 rings (SSSR count). The lowest BCUT2D eigenvalue weighted by molar-refractivity contribution is -0.310. The van der Waals surface area contributed by atoms with Gasteiger partial charge in [0.15, 0.2) is 17.2 Å². The van der Waals surface area contributed by atoms with E-state index in [1.165, 1.54) is 9.80 Å². The van der Waals surface area contributed by atoms with Crippen LogP contribution >= 0.6 is 11.6 Å².